The molecular formula is C19H18ClF2N3O2. The van der Waals surface area contributed by atoms with Crippen LogP contribution in [-0.2, 0) is 12.6 Å². The second-order valence-corrected chi connectivity index (χ2v) is 7.34. The van der Waals surface area contributed by atoms with Crippen molar-refractivity contribution >= 4 is 22.5 Å². The van der Waals surface area contributed by atoms with Crippen LogP contribution in [0.25, 0.3) is 10.9 Å². The average Bonchev–Trinajstić information content (AvgIpc) is 3.41. The maximum absolute atomic E-state index is 14.0. The topological polar surface area (TPSA) is 60.1 Å². The molecular weight excluding hydrogens is 376 g/mol. The van der Waals surface area contributed by atoms with Crippen LogP contribution in [0.2, 0.25) is 5.02 Å². The summed E-state index contributed by atoms with van der Waals surface area (Å²) in [6.07, 6.45) is 3.71. The Morgan fingerprint density at radius 1 is 1.33 bits per heavy atom. The monoisotopic (exact) mass is 393 g/mol. The van der Waals surface area contributed by atoms with Crippen LogP contribution in [0.1, 0.15) is 43.5 Å². The first-order valence-corrected chi connectivity index (χ1v) is 9.11. The molecule has 8 heteroatoms. The van der Waals surface area contributed by atoms with Crippen LogP contribution in [0.4, 0.5) is 8.78 Å². The van der Waals surface area contributed by atoms with Gasteiger partial charge in [0.05, 0.1) is 5.69 Å². The van der Waals surface area contributed by atoms with E-state index in [9.17, 15) is 18.7 Å². The van der Waals surface area contributed by atoms with Gasteiger partial charge in [0.2, 0.25) is 0 Å². The highest BCUT2D eigenvalue weighted by Crippen LogP contribution is 2.39. The van der Waals surface area contributed by atoms with E-state index in [0.717, 1.165) is 25.0 Å². The Morgan fingerprint density at radius 3 is 2.52 bits per heavy atom. The number of rotatable bonds is 4. The first-order chi connectivity index (χ1) is 12.8. The summed E-state index contributed by atoms with van der Waals surface area (Å²) in [7, 11) is 1.60. The van der Waals surface area contributed by atoms with Gasteiger partial charge in [0.1, 0.15) is 22.3 Å². The maximum Gasteiger partial charge on any atom is 0.279 e. The van der Waals surface area contributed by atoms with Crippen LogP contribution in [0.5, 0.6) is 0 Å². The van der Waals surface area contributed by atoms with Crippen LogP contribution in [0, 0.1) is 11.6 Å². The van der Waals surface area contributed by atoms with Crippen molar-refractivity contribution < 1.29 is 13.9 Å². The van der Waals surface area contributed by atoms with Gasteiger partial charge in [-0.1, -0.05) is 18.5 Å². The summed E-state index contributed by atoms with van der Waals surface area (Å²) in [5, 5.41) is 15.5. The molecule has 142 valence electrons. The molecule has 1 N–H and O–H groups in total. The van der Waals surface area contributed by atoms with Crippen molar-refractivity contribution in [2.75, 3.05) is 0 Å². The third-order valence-corrected chi connectivity index (χ3v) is 5.59. The first kappa shape index (κ1) is 18.1. The quantitative estimate of drug-likeness (QED) is 0.688. The van der Waals surface area contributed by atoms with Gasteiger partial charge in [-0.2, -0.15) is 5.10 Å². The Kier molecular flexibility index (Phi) is 4.12. The minimum atomic E-state index is -1.74. The molecule has 0 radical (unpaired) electrons. The molecule has 0 spiro atoms. The number of halogens is 3. The summed E-state index contributed by atoms with van der Waals surface area (Å²) in [6, 6.07) is 3.94. The van der Waals surface area contributed by atoms with Gasteiger partial charge in [0.25, 0.3) is 5.56 Å². The number of fused-ring (bicyclic) bond motifs is 1. The summed E-state index contributed by atoms with van der Waals surface area (Å²) in [6.45, 7) is 1.69. The molecule has 1 aromatic carbocycles. The second kappa shape index (κ2) is 6.14. The van der Waals surface area contributed by atoms with E-state index in [4.69, 9.17) is 11.6 Å². The lowest BCUT2D eigenvalue weighted by molar-refractivity contribution is 0.0685. The normalized spacial score (nSPS) is 16.7. The molecule has 1 unspecified atom stereocenters. The lowest BCUT2D eigenvalue weighted by atomic mass is 9.86. The molecule has 0 amide bonds. The predicted octanol–water partition coefficient (Wildman–Crippen LogP) is 3.65. The number of nitrogens with zero attached hydrogens (tertiary/aromatic N) is 3. The molecule has 2 aromatic heterocycles. The summed E-state index contributed by atoms with van der Waals surface area (Å²) >= 11 is 5.57. The van der Waals surface area contributed by atoms with E-state index in [1.807, 2.05) is 0 Å². The Hall–Kier alpha value is -2.25. The van der Waals surface area contributed by atoms with E-state index in [0.29, 0.717) is 11.1 Å². The molecule has 27 heavy (non-hydrogen) atoms. The zero-order chi connectivity index (χ0) is 19.5. The van der Waals surface area contributed by atoms with E-state index in [-0.39, 0.29) is 29.1 Å². The molecule has 1 saturated carbocycles. The van der Waals surface area contributed by atoms with E-state index < -0.39 is 22.3 Å². The van der Waals surface area contributed by atoms with Crippen LogP contribution in [0.3, 0.4) is 0 Å². The van der Waals surface area contributed by atoms with E-state index in [1.54, 1.807) is 30.8 Å². The smallest absolute Gasteiger partial charge is 0.279 e. The third kappa shape index (κ3) is 2.68. The maximum atomic E-state index is 14.0. The van der Waals surface area contributed by atoms with Crippen LogP contribution in [-0.4, -0.2) is 19.5 Å². The Labute approximate surface area is 158 Å². The van der Waals surface area contributed by atoms with Crippen molar-refractivity contribution in [3.63, 3.8) is 0 Å². The number of aryl methyl sites for hydroxylation is 1. The highest BCUT2D eigenvalue weighted by molar-refractivity contribution is 6.30. The van der Waals surface area contributed by atoms with E-state index in [1.165, 1.54) is 4.68 Å². The van der Waals surface area contributed by atoms with Gasteiger partial charge in [-0.15, -0.1) is 0 Å². The summed E-state index contributed by atoms with van der Waals surface area (Å²) in [5.74, 6) is -1.91. The van der Waals surface area contributed by atoms with Crippen LogP contribution in [0.15, 0.2) is 29.2 Å². The lowest BCUT2D eigenvalue weighted by Crippen LogP contribution is -2.30. The molecule has 2 heterocycles. The number of aromatic nitrogens is 3. The van der Waals surface area contributed by atoms with Gasteiger partial charge in [0.15, 0.2) is 5.52 Å². The fourth-order valence-electron chi connectivity index (χ4n) is 3.63. The second-order valence-electron chi connectivity index (χ2n) is 6.96. The van der Waals surface area contributed by atoms with Crippen molar-refractivity contribution in [2.24, 2.45) is 7.05 Å². The zero-order valence-corrected chi connectivity index (χ0v) is 15.6. The molecule has 0 aliphatic heterocycles. The van der Waals surface area contributed by atoms with Crippen LogP contribution >= 0.6 is 11.6 Å². The minimum Gasteiger partial charge on any atom is -0.379 e. The van der Waals surface area contributed by atoms with Gasteiger partial charge in [-0.05, 0) is 43.0 Å². The van der Waals surface area contributed by atoms with Crippen LogP contribution < -0.4 is 5.56 Å². The fourth-order valence-corrected chi connectivity index (χ4v) is 3.74. The highest BCUT2D eigenvalue weighted by atomic mass is 35.5. The number of pyridine rings is 1. The standard InChI is InChI=1S/C19H18ClF2N3O2/c1-3-19(27,10-8-13(21)15(20)14(22)9-10)17-12-6-7-25(11-4-5-11)18(26)16(12)23-24(17)2/h6-9,11,27H,3-5H2,1-2H3. The minimum absolute atomic E-state index is 0.0145. The molecule has 1 fully saturated rings. The first-order valence-electron chi connectivity index (χ1n) is 8.73. The third-order valence-electron chi connectivity index (χ3n) is 5.23. The molecule has 4 rings (SSSR count). The molecule has 1 aliphatic rings. The Bertz CT molecular complexity index is 1100. The summed E-state index contributed by atoms with van der Waals surface area (Å²) < 4.78 is 31.1. The zero-order valence-electron chi connectivity index (χ0n) is 14.8. The molecule has 0 bridgehead atoms. The highest BCUT2D eigenvalue weighted by Gasteiger charge is 2.37. The predicted molar refractivity (Wildman–Crippen MR) is 97.9 cm³/mol. The van der Waals surface area contributed by atoms with Crippen molar-refractivity contribution in [1.29, 1.82) is 0 Å². The van der Waals surface area contributed by atoms with Crippen molar-refractivity contribution in [3.8, 4) is 0 Å². The fraction of sp³-hybridized carbons (Fsp3) is 0.368. The van der Waals surface area contributed by atoms with Crippen molar-refractivity contribution in [2.45, 2.75) is 37.8 Å². The molecule has 3 aromatic rings. The van der Waals surface area contributed by atoms with Gasteiger partial charge < -0.3 is 9.67 Å². The van der Waals surface area contributed by atoms with Gasteiger partial charge in [0, 0.05) is 24.7 Å². The number of benzene rings is 1. The molecule has 0 saturated heterocycles. The average molecular weight is 394 g/mol. The molecule has 1 aliphatic carbocycles. The lowest BCUT2D eigenvalue weighted by Gasteiger charge is -2.28. The summed E-state index contributed by atoms with van der Waals surface area (Å²) in [4.78, 5) is 12.7. The Morgan fingerprint density at radius 2 is 1.96 bits per heavy atom. The van der Waals surface area contributed by atoms with E-state index >= 15 is 0 Å². The van der Waals surface area contributed by atoms with E-state index in [2.05, 4.69) is 5.10 Å². The molecule has 5 nitrogen and oxygen atoms in total. The number of hydrogen-bond donors (Lipinski definition) is 1. The van der Waals surface area contributed by atoms with Gasteiger partial charge in [-0.25, -0.2) is 8.78 Å². The Balaban J connectivity index is 1.97. The van der Waals surface area contributed by atoms with Crippen molar-refractivity contribution in [1.82, 2.24) is 14.3 Å². The SMILES string of the molecule is CCC(O)(c1cc(F)c(Cl)c(F)c1)c1c2ccn(C3CC3)c(=O)c2nn1C. The van der Waals surface area contributed by atoms with Gasteiger partial charge >= 0.3 is 0 Å². The largest absolute Gasteiger partial charge is 0.379 e. The van der Waals surface area contributed by atoms with Crippen molar-refractivity contribution in [3.05, 3.63) is 62.7 Å². The number of hydrogen-bond acceptors (Lipinski definition) is 3. The van der Waals surface area contributed by atoms with Gasteiger partial charge in [-0.3, -0.25) is 9.48 Å². The summed E-state index contributed by atoms with van der Waals surface area (Å²) in [5.41, 5.74) is -1.43. The number of aliphatic hydroxyl groups is 1. The molecule has 1 atom stereocenters.